The smallest absolute Gasteiger partial charge is 0.0749 e. The molecule has 1 N–H and O–H groups in total. The van der Waals surface area contributed by atoms with Gasteiger partial charge in [0.1, 0.15) is 0 Å². The fraction of sp³-hybridized carbons (Fsp3) is 0.583. The Labute approximate surface area is 106 Å². The lowest BCUT2D eigenvalue weighted by Gasteiger charge is -2.02. The van der Waals surface area contributed by atoms with Gasteiger partial charge in [0.2, 0.25) is 0 Å². The normalized spacial score (nSPS) is 11.4. The van der Waals surface area contributed by atoms with Crippen molar-refractivity contribution < 1.29 is 0 Å². The molecule has 1 aromatic heterocycles. The van der Waals surface area contributed by atoms with Gasteiger partial charge >= 0.3 is 0 Å². The van der Waals surface area contributed by atoms with E-state index in [0.29, 0.717) is 0 Å². The summed E-state index contributed by atoms with van der Waals surface area (Å²) in [5, 5.41) is 7.62. The third-order valence-electron chi connectivity index (χ3n) is 2.28. The maximum absolute atomic E-state index is 4.32. The van der Waals surface area contributed by atoms with Gasteiger partial charge in [-0.1, -0.05) is 19.9 Å². The lowest BCUT2D eigenvalue weighted by atomic mass is 10.3. The summed E-state index contributed by atoms with van der Waals surface area (Å²) in [5.74, 6) is 0. The van der Waals surface area contributed by atoms with E-state index >= 15 is 0 Å². The fourth-order valence-electron chi connectivity index (χ4n) is 1.48. The topological polar surface area (TPSA) is 29.9 Å². The standard InChI is InChI=1S/C12H20BrN3/c1-3-9-16-12(11(13)10-15-16)7-5-6-8-14-4-2/h5,7,10,14H,3-4,6,8-9H2,1-2H3/b7-5+. The summed E-state index contributed by atoms with van der Waals surface area (Å²) in [6.45, 7) is 7.32. The lowest BCUT2D eigenvalue weighted by Crippen LogP contribution is -2.12. The summed E-state index contributed by atoms with van der Waals surface area (Å²) >= 11 is 3.52. The van der Waals surface area contributed by atoms with E-state index in [2.05, 4.69) is 52.3 Å². The van der Waals surface area contributed by atoms with Crippen molar-refractivity contribution in [3.05, 3.63) is 22.4 Å². The summed E-state index contributed by atoms with van der Waals surface area (Å²) in [4.78, 5) is 0. The van der Waals surface area contributed by atoms with Gasteiger partial charge < -0.3 is 5.32 Å². The second kappa shape index (κ2) is 7.63. The molecule has 0 amide bonds. The Morgan fingerprint density at radius 1 is 1.50 bits per heavy atom. The molecule has 4 heteroatoms. The summed E-state index contributed by atoms with van der Waals surface area (Å²) in [7, 11) is 0. The zero-order valence-electron chi connectivity index (χ0n) is 10.0. The maximum Gasteiger partial charge on any atom is 0.0749 e. The maximum atomic E-state index is 4.32. The Balaban J connectivity index is 2.53. The monoisotopic (exact) mass is 285 g/mol. The van der Waals surface area contributed by atoms with Gasteiger partial charge in [0, 0.05) is 6.54 Å². The Kier molecular flexibility index (Phi) is 6.42. The van der Waals surface area contributed by atoms with Crippen LogP contribution in [0.5, 0.6) is 0 Å². The molecule has 3 nitrogen and oxygen atoms in total. The van der Waals surface area contributed by atoms with Gasteiger partial charge in [-0.2, -0.15) is 5.10 Å². The summed E-state index contributed by atoms with van der Waals surface area (Å²) in [6.07, 6.45) is 8.35. The molecule has 0 saturated carbocycles. The number of aryl methyl sites for hydroxylation is 1. The fourth-order valence-corrected chi connectivity index (χ4v) is 1.91. The van der Waals surface area contributed by atoms with Crippen molar-refractivity contribution in [1.82, 2.24) is 15.1 Å². The van der Waals surface area contributed by atoms with E-state index in [-0.39, 0.29) is 0 Å². The summed E-state index contributed by atoms with van der Waals surface area (Å²) in [5.41, 5.74) is 1.17. The number of nitrogens with one attached hydrogen (secondary N) is 1. The van der Waals surface area contributed by atoms with Crippen LogP contribution in [0, 0.1) is 0 Å². The van der Waals surface area contributed by atoms with Crippen molar-refractivity contribution in [2.45, 2.75) is 33.2 Å². The van der Waals surface area contributed by atoms with Crippen molar-refractivity contribution in [2.75, 3.05) is 13.1 Å². The number of hydrogen-bond acceptors (Lipinski definition) is 2. The molecular formula is C12H20BrN3. The van der Waals surface area contributed by atoms with Crippen LogP contribution >= 0.6 is 15.9 Å². The molecule has 0 spiro atoms. The molecule has 0 aromatic carbocycles. The second-order valence-electron chi connectivity index (χ2n) is 3.65. The van der Waals surface area contributed by atoms with Gasteiger partial charge in [-0.15, -0.1) is 0 Å². The lowest BCUT2D eigenvalue weighted by molar-refractivity contribution is 0.597. The highest BCUT2D eigenvalue weighted by atomic mass is 79.9. The first kappa shape index (κ1) is 13.5. The number of nitrogens with zero attached hydrogens (tertiary/aromatic N) is 2. The van der Waals surface area contributed by atoms with Crippen LogP contribution in [0.15, 0.2) is 16.7 Å². The van der Waals surface area contributed by atoms with Gasteiger partial charge in [0.05, 0.1) is 16.4 Å². The van der Waals surface area contributed by atoms with Crippen LogP contribution in [-0.4, -0.2) is 22.9 Å². The highest BCUT2D eigenvalue weighted by Crippen LogP contribution is 2.17. The van der Waals surface area contributed by atoms with Crippen molar-refractivity contribution in [3.63, 3.8) is 0 Å². The van der Waals surface area contributed by atoms with E-state index in [0.717, 1.165) is 36.9 Å². The number of halogens is 1. The minimum atomic E-state index is 0.971. The number of aromatic nitrogens is 2. The highest BCUT2D eigenvalue weighted by Gasteiger charge is 2.03. The first-order chi connectivity index (χ1) is 7.79. The van der Waals surface area contributed by atoms with Crippen LogP contribution in [0.25, 0.3) is 6.08 Å². The third-order valence-corrected chi connectivity index (χ3v) is 2.89. The quantitative estimate of drug-likeness (QED) is 0.781. The predicted molar refractivity (Wildman–Crippen MR) is 72.4 cm³/mol. The van der Waals surface area contributed by atoms with Crippen molar-refractivity contribution in [3.8, 4) is 0 Å². The molecule has 1 rings (SSSR count). The predicted octanol–water partition coefficient (Wildman–Crippen LogP) is 3.07. The average molecular weight is 286 g/mol. The molecule has 0 atom stereocenters. The highest BCUT2D eigenvalue weighted by molar-refractivity contribution is 9.10. The van der Waals surface area contributed by atoms with Crippen molar-refractivity contribution >= 4 is 22.0 Å². The Morgan fingerprint density at radius 2 is 2.31 bits per heavy atom. The minimum absolute atomic E-state index is 0.971. The van der Waals surface area contributed by atoms with E-state index in [1.807, 2.05) is 10.9 Å². The molecule has 0 aliphatic rings. The molecule has 0 aliphatic heterocycles. The zero-order valence-corrected chi connectivity index (χ0v) is 11.6. The van der Waals surface area contributed by atoms with Crippen LogP contribution in [0.2, 0.25) is 0 Å². The van der Waals surface area contributed by atoms with Gasteiger partial charge in [0.25, 0.3) is 0 Å². The number of hydrogen-bond donors (Lipinski definition) is 1. The molecule has 0 unspecified atom stereocenters. The van der Waals surface area contributed by atoms with E-state index in [1.165, 1.54) is 5.69 Å². The van der Waals surface area contributed by atoms with Gasteiger partial charge in [-0.3, -0.25) is 4.68 Å². The van der Waals surface area contributed by atoms with Crippen molar-refractivity contribution in [2.24, 2.45) is 0 Å². The van der Waals surface area contributed by atoms with Crippen LogP contribution in [0.1, 0.15) is 32.4 Å². The molecular weight excluding hydrogens is 266 g/mol. The Hall–Kier alpha value is -0.610. The molecule has 1 heterocycles. The average Bonchev–Trinajstić information content (AvgIpc) is 2.61. The summed E-state index contributed by atoms with van der Waals surface area (Å²) < 4.78 is 3.11. The Morgan fingerprint density at radius 3 is 3.00 bits per heavy atom. The van der Waals surface area contributed by atoms with E-state index < -0.39 is 0 Å². The second-order valence-corrected chi connectivity index (χ2v) is 4.50. The van der Waals surface area contributed by atoms with E-state index in [9.17, 15) is 0 Å². The van der Waals surface area contributed by atoms with Gasteiger partial charge in [-0.05, 0) is 47.9 Å². The molecule has 0 fully saturated rings. The number of rotatable bonds is 7. The molecule has 0 aliphatic carbocycles. The molecule has 90 valence electrons. The van der Waals surface area contributed by atoms with E-state index in [4.69, 9.17) is 0 Å². The summed E-state index contributed by atoms with van der Waals surface area (Å²) in [6, 6.07) is 0. The SMILES string of the molecule is CCCn1ncc(Br)c1/C=C/CCNCC. The molecule has 0 saturated heterocycles. The molecule has 0 radical (unpaired) electrons. The van der Waals surface area contributed by atoms with Crippen LogP contribution in [-0.2, 0) is 6.54 Å². The third kappa shape index (κ3) is 4.10. The molecule has 0 bridgehead atoms. The van der Waals surface area contributed by atoms with Crippen LogP contribution < -0.4 is 5.32 Å². The Bertz CT molecular complexity index is 331. The van der Waals surface area contributed by atoms with Gasteiger partial charge in [0.15, 0.2) is 0 Å². The van der Waals surface area contributed by atoms with Crippen molar-refractivity contribution in [1.29, 1.82) is 0 Å². The van der Waals surface area contributed by atoms with Gasteiger partial charge in [-0.25, -0.2) is 0 Å². The molecule has 1 aromatic rings. The van der Waals surface area contributed by atoms with E-state index in [1.54, 1.807) is 0 Å². The zero-order chi connectivity index (χ0) is 11.8. The van der Waals surface area contributed by atoms with Crippen LogP contribution in [0.4, 0.5) is 0 Å². The first-order valence-corrected chi connectivity index (χ1v) is 6.67. The first-order valence-electron chi connectivity index (χ1n) is 5.88. The largest absolute Gasteiger partial charge is 0.317 e. The van der Waals surface area contributed by atoms with Crippen LogP contribution in [0.3, 0.4) is 0 Å². The molecule has 16 heavy (non-hydrogen) atoms. The minimum Gasteiger partial charge on any atom is -0.317 e.